The molecule has 18 heavy (non-hydrogen) atoms. The fraction of sp³-hybridized carbons (Fsp3) is 0.786. The SMILES string of the molecule is CCCNC(c1ccn(C)n1)C1CCOCC1C. The predicted molar refractivity (Wildman–Crippen MR) is 72.3 cm³/mol. The molecular weight excluding hydrogens is 226 g/mol. The molecule has 1 aliphatic heterocycles. The summed E-state index contributed by atoms with van der Waals surface area (Å²) in [5.74, 6) is 1.22. The summed E-state index contributed by atoms with van der Waals surface area (Å²) in [5, 5.41) is 8.25. The van der Waals surface area contributed by atoms with E-state index in [1.54, 1.807) is 0 Å². The Hall–Kier alpha value is -0.870. The van der Waals surface area contributed by atoms with Crippen LogP contribution in [0.3, 0.4) is 0 Å². The third-order valence-electron chi connectivity index (χ3n) is 3.80. The normalized spacial score (nSPS) is 26.2. The van der Waals surface area contributed by atoms with Crippen LogP contribution in [0.5, 0.6) is 0 Å². The Kier molecular flexibility index (Phi) is 4.78. The van der Waals surface area contributed by atoms with Crippen molar-refractivity contribution in [2.45, 2.75) is 32.7 Å². The van der Waals surface area contributed by atoms with Gasteiger partial charge < -0.3 is 10.1 Å². The molecule has 1 aromatic heterocycles. The van der Waals surface area contributed by atoms with Crippen LogP contribution in [0.2, 0.25) is 0 Å². The van der Waals surface area contributed by atoms with Crippen molar-refractivity contribution in [3.05, 3.63) is 18.0 Å². The van der Waals surface area contributed by atoms with E-state index in [1.165, 1.54) is 5.69 Å². The van der Waals surface area contributed by atoms with Crippen molar-refractivity contribution in [1.82, 2.24) is 15.1 Å². The molecule has 2 rings (SSSR count). The van der Waals surface area contributed by atoms with Crippen LogP contribution in [0.25, 0.3) is 0 Å². The maximum Gasteiger partial charge on any atom is 0.0796 e. The van der Waals surface area contributed by atoms with Crippen molar-refractivity contribution in [3.8, 4) is 0 Å². The highest BCUT2D eigenvalue weighted by atomic mass is 16.5. The Morgan fingerprint density at radius 3 is 3.06 bits per heavy atom. The van der Waals surface area contributed by atoms with E-state index < -0.39 is 0 Å². The maximum atomic E-state index is 5.55. The number of rotatable bonds is 5. The van der Waals surface area contributed by atoms with Crippen molar-refractivity contribution < 1.29 is 4.74 Å². The van der Waals surface area contributed by atoms with Gasteiger partial charge in [-0.3, -0.25) is 4.68 Å². The standard InChI is InChI=1S/C14H25N3O/c1-4-7-15-14(13-5-8-17(3)16-13)12-6-9-18-10-11(12)2/h5,8,11-12,14-15H,4,6-7,9-10H2,1-3H3. The van der Waals surface area contributed by atoms with Crippen molar-refractivity contribution in [2.24, 2.45) is 18.9 Å². The van der Waals surface area contributed by atoms with Crippen LogP contribution in [-0.2, 0) is 11.8 Å². The van der Waals surface area contributed by atoms with E-state index >= 15 is 0 Å². The largest absolute Gasteiger partial charge is 0.381 e. The van der Waals surface area contributed by atoms with Crippen LogP contribution >= 0.6 is 0 Å². The summed E-state index contributed by atoms with van der Waals surface area (Å²) in [7, 11) is 1.98. The number of hydrogen-bond acceptors (Lipinski definition) is 3. The summed E-state index contributed by atoms with van der Waals surface area (Å²) in [6.07, 6.45) is 4.31. The summed E-state index contributed by atoms with van der Waals surface area (Å²) in [6, 6.07) is 2.50. The van der Waals surface area contributed by atoms with E-state index in [9.17, 15) is 0 Å². The van der Waals surface area contributed by atoms with Gasteiger partial charge in [0.2, 0.25) is 0 Å². The molecular formula is C14H25N3O. The first-order valence-corrected chi connectivity index (χ1v) is 7.03. The maximum absolute atomic E-state index is 5.55. The minimum Gasteiger partial charge on any atom is -0.381 e. The highest BCUT2D eigenvalue weighted by molar-refractivity contribution is 5.08. The summed E-state index contributed by atoms with van der Waals surface area (Å²) < 4.78 is 7.44. The lowest BCUT2D eigenvalue weighted by atomic mass is 9.82. The number of aromatic nitrogens is 2. The Morgan fingerprint density at radius 2 is 2.44 bits per heavy atom. The van der Waals surface area contributed by atoms with Crippen LogP contribution in [-0.4, -0.2) is 29.5 Å². The molecule has 102 valence electrons. The van der Waals surface area contributed by atoms with Crippen molar-refractivity contribution in [1.29, 1.82) is 0 Å². The van der Waals surface area contributed by atoms with Gasteiger partial charge in [-0.1, -0.05) is 13.8 Å². The lowest BCUT2D eigenvalue weighted by Crippen LogP contribution is -2.37. The lowest BCUT2D eigenvalue weighted by Gasteiger charge is -2.35. The zero-order valence-corrected chi connectivity index (χ0v) is 11.7. The molecule has 0 saturated carbocycles. The molecule has 4 nitrogen and oxygen atoms in total. The quantitative estimate of drug-likeness (QED) is 0.871. The molecule has 3 unspecified atom stereocenters. The predicted octanol–water partition coefficient (Wildman–Crippen LogP) is 2.13. The molecule has 2 heterocycles. The average molecular weight is 251 g/mol. The zero-order chi connectivity index (χ0) is 13.0. The Bertz CT molecular complexity index is 364. The fourth-order valence-corrected chi connectivity index (χ4v) is 2.77. The van der Waals surface area contributed by atoms with Gasteiger partial charge in [0.25, 0.3) is 0 Å². The van der Waals surface area contributed by atoms with Gasteiger partial charge in [-0.25, -0.2) is 0 Å². The number of ether oxygens (including phenoxy) is 1. The number of hydrogen-bond donors (Lipinski definition) is 1. The van der Waals surface area contributed by atoms with E-state index in [0.29, 0.717) is 17.9 Å². The molecule has 0 bridgehead atoms. The molecule has 4 heteroatoms. The van der Waals surface area contributed by atoms with Crippen molar-refractivity contribution in [2.75, 3.05) is 19.8 Å². The third kappa shape index (κ3) is 3.12. The molecule has 0 amide bonds. The van der Waals surface area contributed by atoms with Crippen LogP contribution in [0.15, 0.2) is 12.3 Å². The Labute approximate surface area is 110 Å². The van der Waals surface area contributed by atoms with E-state index in [1.807, 2.05) is 17.9 Å². The van der Waals surface area contributed by atoms with Crippen molar-refractivity contribution in [3.63, 3.8) is 0 Å². The molecule has 0 spiro atoms. The first-order chi connectivity index (χ1) is 8.72. The first-order valence-electron chi connectivity index (χ1n) is 7.03. The van der Waals surface area contributed by atoms with Crippen molar-refractivity contribution >= 4 is 0 Å². The van der Waals surface area contributed by atoms with Gasteiger partial charge >= 0.3 is 0 Å². The smallest absolute Gasteiger partial charge is 0.0796 e. The average Bonchev–Trinajstić information content (AvgIpc) is 2.78. The molecule has 0 aliphatic carbocycles. The molecule has 1 aliphatic rings. The van der Waals surface area contributed by atoms with Crippen LogP contribution in [0.1, 0.15) is 38.4 Å². The van der Waals surface area contributed by atoms with E-state index in [-0.39, 0.29) is 0 Å². The molecule has 3 atom stereocenters. The molecule has 0 aromatic carbocycles. The Balaban J connectivity index is 2.13. The lowest BCUT2D eigenvalue weighted by molar-refractivity contribution is 0.00998. The molecule has 1 N–H and O–H groups in total. The summed E-state index contributed by atoms with van der Waals surface area (Å²) in [4.78, 5) is 0. The van der Waals surface area contributed by atoms with Crippen LogP contribution < -0.4 is 5.32 Å². The second-order valence-corrected chi connectivity index (χ2v) is 5.35. The highest BCUT2D eigenvalue weighted by Gasteiger charge is 2.31. The van der Waals surface area contributed by atoms with Gasteiger partial charge in [0, 0.05) is 26.5 Å². The van der Waals surface area contributed by atoms with Crippen LogP contribution in [0.4, 0.5) is 0 Å². The monoisotopic (exact) mass is 251 g/mol. The van der Waals surface area contributed by atoms with Gasteiger partial charge in [0.05, 0.1) is 11.7 Å². The summed E-state index contributed by atoms with van der Waals surface area (Å²) >= 11 is 0. The summed E-state index contributed by atoms with van der Waals surface area (Å²) in [5.41, 5.74) is 1.17. The molecule has 0 radical (unpaired) electrons. The van der Waals surface area contributed by atoms with Crippen LogP contribution in [0, 0.1) is 11.8 Å². The van der Waals surface area contributed by atoms with Gasteiger partial charge in [0.1, 0.15) is 0 Å². The molecule has 1 fully saturated rings. The van der Waals surface area contributed by atoms with E-state index in [4.69, 9.17) is 4.74 Å². The second-order valence-electron chi connectivity index (χ2n) is 5.35. The highest BCUT2D eigenvalue weighted by Crippen LogP contribution is 2.33. The second kappa shape index (κ2) is 6.34. The van der Waals surface area contributed by atoms with Gasteiger partial charge in [-0.05, 0) is 37.3 Å². The van der Waals surface area contributed by atoms with E-state index in [0.717, 1.165) is 32.6 Å². The van der Waals surface area contributed by atoms with E-state index in [2.05, 4.69) is 30.3 Å². The minimum absolute atomic E-state index is 0.366. The first kappa shape index (κ1) is 13.6. The van der Waals surface area contributed by atoms with Gasteiger partial charge in [-0.15, -0.1) is 0 Å². The zero-order valence-electron chi connectivity index (χ0n) is 11.7. The topological polar surface area (TPSA) is 39.1 Å². The van der Waals surface area contributed by atoms with Gasteiger partial charge in [-0.2, -0.15) is 5.10 Å². The molecule has 1 aromatic rings. The number of aryl methyl sites for hydroxylation is 1. The Morgan fingerprint density at radius 1 is 1.61 bits per heavy atom. The van der Waals surface area contributed by atoms with Gasteiger partial charge in [0.15, 0.2) is 0 Å². The third-order valence-corrected chi connectivity index (χ3v) is 3.80. The minimum atomic E-state index is 0.366. The molecule has 1 saturated heterocycles. The number of nitrogens with one attached hydrogen (secondary N) is 1. The fourth-order valence-electron chi connectivity index (χ4n) is 2.77. The summed E-state index contributed by atoms with van der Waals surface area (Å²) in [6.45, 7) is 7.29. The number of nitrogens with zero attached hydrogens (tertiary/aromatic N) is 2.